The van der Waals surface area contributed by atoms with Gasteiger partial charge in [-0.2, -0.15) is 0 Å². The Morgan fingerprint density at radius 3 is 2.37 bits per heavy atom. The third-order valence-corrected chi connectivity index (χ3v) is 8.08. The number of para-hydroxylation sites is 1. The summed E-state index contributed by atoms with van der Waals surface area (Å²) >= 11 is 0. The van der Waals surface area contributed by atoms with Crippen molar-refractivity contribution in [2.24, 2.45) is 5.73 Å². The molecule has 3 heterocycles. The SMILES string of the molecule is N[C@@H](Cc1ccc(O)cc1)C(=O)N1CCC[C@H]1C(=O)N1CCC[C@H]1C(=O)N[C@@H](Cc1c[nH]c2ccccc12)C(=O)O. The summed E-state index contributed by atoms with van der Waals surface area (Å²) in [5, 5.41) is 22.9. The van der Waals surface area contributed by atoms with Crippen molar-refractivity contribution in [3.05, 3.63) is 65.9 Å². The van der Waals surface area contributed by atoms with E-state index < -0.39 is 36.0 Å². The summed E-state index contributed by atoms with van der Waals surface area (Å²) in [7, 11) is 0. The number of nitrogens with zero attached hydrogens (tertiary/aromatic N) is 2. The van der Waals surface area contributed by atoms with Crippen LogP contribution in [0.2, 0.25) is 0 Å². The molecule has 3 amide bonds. The van der Waals surface area contributed by atoms with Crippen LogP contribution in [0.4, 0.5) is 0 Å². The molecule has 5 rings (SSSR count). The summed E-state index contributed by atoms with van der Waals surface area (Å²) in [6.45, 7) is 0.754. The number of benzene rings is 2. The number of nitrogens with one attached hydrogen (secondary N) is 2. The van der Waals surface area contributed by atoms with Crippen molar-refractivity contribution in [1.82, 2.24) is 20.1 Å². The molecule has 2 fully saturated rings. The van der Waals surface area contributed by atoms with Gasteiger partial charge in [0, 0.05) is 36.6 Å². The fraction of sp³-hybridized carbons (Fsp3) is 0.400. The fourth-order valence-electron chi connectivity index (χ4n) is 5.96. The van der Waals surface area contributed by atoms with E-state index in [9.17, 15) is 29.4 Å². The average Bonchev–Trinajstić information content (AvgIpc) is 3.73. The zero-order chi connectivity index (χ0) is 29.1. The minimum atomic E-state index is -1.17. The predicted octanol–water partition coefficient (Wildman–Crippen LogP) is 1.54. The number of phenols is 1. The number of aromatic hydroxyl groups is 1. The lowest BCUT2D eigenvalue weighted by Crippen LogP contribution is -2.56. The van der Waals surface area contributed by atoms with E-state index in [1.807, 2.05) is 24.3 Å². The van der Waals surface area contributed by atoms with Gasteiger partial charge >= 0.3 is 5.97 Å². The number of fused-ring (bicyclic) bond motifs is 1. The Hall–Kier alpha value is -4.38. The van der Waals surface area contributed by atoms with Crippen molar-refractivity contribution in [2.75, 3.05) is 13.1 Å². The van der Waals surface area contributed by atoms with Gasteiger partial charge in [-0.1, -0.05) is 30.3 Å². The number of H-pyrrole nitrogens is 1. The highest BCUT2D eigenvalue weighted by atomic mass is 16.4. The van der Waals surface area contributed by atoms with Crippen LogP contribution in [-0.2, 0) is 32.0 Å². The molecule has 11 nitrogen and oxygen atoms in total. The van der Waals surface area contributed by atoms with Crippen LogP contribution in [0.25, 0.3) is 10.9 Å². The first-order valence-electron chi connectivity index (χ1n) is 14.0. The van der Waals surface area contributed by atoms with Gasteiger partial charge in [-0.05, 0) is 61.4 Å². The van der Waals surface area contributed by atoms with Crippen molar-refractivity contribution in [2.45, 2.75) is 62.7 Å². The fourth-order valence-corrected chi connectivity index (χ4v) is 5.96. The molecule has 4 atom stereocenters. The van der Waals surface area contributed by atoms with Crippen LogP contribution in [0.15, 0.2) is 54.7 Å². The number of nitrogens with two attached hydrogens (primary N) is 1. The van der Waals surface area contributed by atoms with Crippen molar-refractivity contribution in [3.8, 4) is 5.75 Å². The summed E-state index contributed by atoms with van der Waals surface area (Å²) in [6.07, 6.45) is 4.23. The number of aromatic nitrogens is 1. The Bertz CT molecular complexity index is 1440. The second kappa shape index (κ2) is 12.0. The number of amides is 3. The first-order valence-corrected chi connectivity index (χ1v) is 14.0. The molecule has 1 aromatic heterocycles. The number of carboxylic acids is 1. The molecule has 0 unspecified atom stereocenters. The predicted molar refractivity (Wildman–Crippen MR) is 151 cm³/mol. The lowest BCUT2D eigenvalue weighted by atomic mass is 10.0. The molecule has 11 heteroatoms. The second-order valence-corrected chi connectivity index (χ2v) is 10.8. The van der Waals surface area contributed by atoms with Gasteiger partial charge in [-0.15, -0.1) is 0 Å². The molecule has 3 aromatic rings. The molecule has 2 aliphatic heterocycles. The largest absolute Gasteiger partial charge is 0.508 e. The maximum absolute atomic E-state index is 13.7. The topological polar surface area (TPSA) is 169 Å². The van der Waals surface area contributed by atoms with Gasteiger partial charge in [0.05, 0.1) is 6.04 Å². The van der Waals surface area contributed by atoms with Crippen LogP contribution in [0.5, 0.6) is 5.75 Å². The first-order chi connectivity index (χ1) is 19.7. The van der Waals surface area contributed by atoms with Gasteiger partial charge < -0.3 is 36.0 Å². The third kappa shape index (κ3) is 6.04. The number of hydrogen-bond acceptors (Lipinski definition) is 6. The van der Waals surface area contributed by atoms with E-state index in [2.05, 4.69) is 10.3 Å². The van der Waals surface area contributed by atoms with Gasteiger partial charge in [-0.25, -0.2) is 4.79 Å². The highest BCUT2D eigenvalue weighted by Crippen LogP contribution is 2.26. The van der Waals surface area contributed by atoms with E-state index in [0.717, 1.165) is 22.0 Å². The summed E-state index contributed by atoms with van der Waals surface area (Å²) in [4.78, 5) is 58.5. The Kier molecular flexibility index (Phi) is 8.25. The maximum Gasteiger partial charge on any atom is 0.326 e. The Morgan fingerprint density at radius 2 is 1.63 bits per heavy atom. The summed E-state index contributed by atoms with van der Waals surface area (Å²) < 4.78 is 0. The lowest BCUT2D eigenvalue weighted by molar-refractivity contribution is -0.148. The molecule has 0 aliphatic carbocycles. The lowest BCUT2D eigenvalue weighted by Gasteiger charge is -2.32. The van der Waals surface area contributed by atoms with Crippen molar-refractivity contribution < 1.29 is 29.4 Å². The molecule has 2 aromatic carbocycles. The van der Waals surface area contributed by atoms with E-state index >= 15 is 0 Å². The van der Waals surface area contributed by atoms with Crippen molar-refractivity contribution in [1.29, 1.82) is 0 Å². The number of carbonyl (C=O) groups is 4. The Labute approximate surface area is 237 Å². The monoisotopic (exact) mass is 561 g/mol. The molecule has 0 bridgehead atoms. The molecular formula is C30H35N5O6. The summed E-state index contributed by atoms with van der Waals surface area (Å²) in [6, 6.07) is 10.5. The van der Waals surface area contributed by atoms with Crippen LogP contribution in [0.1, 0.15) is 36.8 Å². The number of aliphatic carboxylic acids is 1. The summed E-state index contributed by atoms with van der Waals surface area (Å²) in [5.74, 6) is -2.19. The van der Waals surface area contributed by atoms with Crippen molar-refractivity contribution >= 4 is 34.6 Å². The minimum absolute atomic E-state index is 0.0928. The number of carbonyl (C=O) groups excluding carboxylic acids is 3. The molecular weight excluding hydrogens is 526 g/mol. The number of hydrogen-bond donors (Lipinski definition) is 5. The molecule has 6 N–H and O–H groups in total. The van der Waals surface area contributed by atoms with E-state index in [4.69, 9.17) is 5.73 Å². The van der Waals surface area contributed by atoms with Gasteiger partial charge in [0.2, 0.25) is 17.7 Å². The standard InChI is InChI=1S/C30H35N5O6/c31-22(15-18-9-11-20(36)12-10-18)28(38)35-14-4-8-26(35)29(39)34-13-3-7-25(34)27(37)33-24(30(40)41)16-19-17-32-23-6-2-1-5-21(19)23/h1-2,5-6,9-12,17,22,24-26,32,36H,3-4,7-8,13-16,31H2,(H,33,37)(H,40,41)/t22-,24-,25-,26-/m0/s1. The normalized spacial score (nSPS) is 20.2. The highest BCUT2D eigenvalue weighted by Gasteiger charge is 2.43. The summed E-state index contributed by atoms with van der Waals surface area (Å²) in [5.41, 5.74) is 8.68. The molecule has 41 heavy (non-hydrogen) atoms. The Balaban J connectivity index is 1.24. The minimum Gasteiger partial charge on any atom is -0.508 e. The average molecular weight is 562 g/mol. The quantitative estimate of drug-likeness (QED) is 0.264. The van der Waals surface area contributed by atoms with Gasteiger partial charge in [0.1, 0.15) is 23.9 Å². The third-order valence-electron chi connectivity index (χ3n) is 8.08. The zero-order valence-corrected chi connectivity index (χ0v) is 22.7. The van der Waals surface area contributed by atoms with E-state index in [1.165, 1.54) is 21.9 Å². The van der Waals surface area contributed by atoms with E-state index in [-0.39, 0.29) is 30.4 Å². The van der Waals surface area contributed by atoms with Crippen LogP contribution >= 0.6 is 0 Å². The molecule has 2 saturated heterocycles. The van der Waals surface area contributed by atoms with Crippen LogP contribution in [-0.4, -0.2) is 85.9 Å². The van der Waals surface area contributed by atoms with Crippen LogP contribution < -0.4 is 11.1 Å². The highest BCUT2D eigenvalue weighted by molar-refractivity contribution is 5.95. The number of carboxylic acid groups (broad SMARTS) is 1. The number of phenolic OH excluding ortho intramolecular Hbond substituents is 1. The van der Waals surface area contributed by atoms with Gasteiger partial charge in [0.25, 0.3) is 0 Å². The van der Waals surface area contributed by atoms with Gasteiger partial charge in [0.15, 0.2) is 0 Å². The molecule has 0 spiro atoms. The van der Waals surface area contributed by atoms with Crippen molar-refractivity contribution in [3.63, 3.8) is 0 Å². The number of likely N-dealkylation sites (tertiary alicyclic amines) is 2. The zero-order valence-electron chi connectivity index (χ0n) is 22.7. The number of rotatable bonds is 9. The molecule has 216 valence electrons. The molecule has 0 radical (unpaired) electrons. The van der Waals surface area contributed by atoms with E-state index in [1.54, 1.807) is 18.3 Å². The first kappa shape index (κ1) is 28.2. The smallest absolute Gasteiger partial charge is 0.326 e. The molecule has 0 saturated carbocycles. The Morgan fingerprint density at radius 1 is 0.951 bits per heavy atom. The van der Waals surface area contributed by atoms with E-state index in [0.29, 0.717) is 38.8 Å². The number of aromatic amines is 1. The molecule has 2 aliphatic rings. The van der Waals surface area contributed by atoms with Crippen LogP contribution in [0, 0.1) is 0 Å². The van der Waals surface area contributed by atoms with Crippen LogP contribution in [0.3, 0.4) is 0 Å². The van der Waals surface area contributed by atoms with Gasteiger partial charge in [-0.3, -0.25) is 14.4 Å². The maximum atomic E-state index is 13.7. The second-order valence-electron chi connectivity index (χ2n) is 10.8.